The fourth-order valence-electron chi connectivity index (χ4n) is 1.30. The van der Waals surface area contributed by atoms with Gasteiger partial charge >= 0.3 is 0 Å². The average molecular weight is 258 g/mol. The number of hydrogen-bond acceptors (Lipinski definition) is 2. The minimum atomic E-state index is -0.829. The summed E-state index contributed by atoms with van der Waals surface area (Å²) in [5.74, 6) is -0.738. The molecule has 0 fully saturated rings. The van der Waals surface area contributed by atoms with Crippen LogP contribution in [-0.4, -0.2) is 11.3 Å². The number of ketones is 1. The number of carbonyl (C=O) groups excluding carboxylic acids is 1. The van der Waals surface area contributed by atoms with Gasteiger partial charge in [0.05, 0.1) is 5.02 Å². The number of carbonyl (C=O) groups is 1. The van der Waals surface area contributed by atoms with E-state index in [2.05, 4.69) is 0 Å². The SMILES string of the molecule is CC(C)(N)C(C)(C)C(=O)c1cc(F)ccc1Cl. The van der Waals surface area contributed by atoms with E-state index in [1.165, 1.54) is 12.1 Å². The van der Waals surface area contributed by atoms with Crippen molar-refractivity contribution < 1.29 is 9.18 Å². The molecule has 2 N–H and O–H groups in total. The molecule has 4 heteroatoms. The molecule has 0 unspecified atom stereocenters. The van der Waals surface area contributed by atoms with E-state index in [0.717, 1.165) is 6.07 Å². The van der Waals surface area contributed by atoms with Gasteiger partial charge in [0.15, 0.2) is 5.78 Å². The first kappa shape index (κ1) is 14.1. The lowest BCUT2D eigenvalue weighted by Crippen LogP contribution is -2.51. The second kappa shape index (κ2) is 4.39. The third kappa shape index (κ3) is 2.67. The van der Waals surface area contributed by atoms with Gasteiger partial charge in [-0.15, -0.1) is 0 Å². The van der Waals surface area contributed by atoms with E-state index in [0.29, 0.717) is 0 Å². The van der Waals surface area contributed by atoms with Gasteiger partial charge < -0.3 is 5.73 Å². The smallest absolute Gasteiger partial charge is 0.171 e. The summed E-state index contributed by atoms with van der Waals surface area (Å²) in [4.78, 5) is 12.4. The third-order valence-corrected chi connectivity index (χ3v) is 3.68. The number of hydrogen-bond donors (Lipinski definition) is 1. The molecule has 17 heavy (non-hydrogen) atoms. The van der Waals surface area contributed by atoms with Gasteiger partial charge in [0.2, 0.25) is 0 Å². The van der Waals surface area contributed by atoms with Gasteiger partial charge in [-0.1, -0.05) is 25.4 Å². The Morgan fingerprint density at radius 1 is 1.29 bits per heavy atom. The summed E-state index contributed by atoms with van der Waals surface area (Å²) in [5, 5.41) is 0.244. The Morgan fingerprint density at radius 2 is 1.82 bits per heavy atom. The Morgan fingerprint density at radius 3 is 2.29 bits per heavy atom. The molecule has 0 aromatic heterocycles. The zero-order valence-electron chi connectivity index (χ0n) is 10.5. The average Bonchev–Trinajstić information content (AvgIpc) is 2.19. The van der Waals surface area contributed by atoms with E-state index in [-0.39, 0.29) is 16.4 Å². The lowest BCUT2D eigenvalue weighted by molar-refractivity contribution is 0.0734. The van der Waals surface area contributed by atoms with Crippen molar-refractivity contribution in [1.29, 1.82) is 0 Å². The molecule has 2 nitrogen and oxygen atoms in total. The van der Waals surface area contributed by atoms with Crippen LogP contribution in [0.15, 0.2) is 18.2 Å². The Kier molecular flexibility index (Phi) is 3.65. The number of halogens is 2. The van der Waals surface area contributed by atoms with Gasteiger partial charge in [0.1, 0.15) is 5.82 Å². The molecule has 0 spiro atoms. The molecule has 0 heterocycles. The van der Waals surface area contributed by atoms with E-state index in [1.807, 2.05) is 0 Å². The second-order valence-electron chi connectivity index (χ2n) is 5.30. The molecule has 0 aliphatic rings. The van der Waals surface area contributed by atoms with Crippen LogP contribution in [0.3, 0.4) is 0 Å². The topological polar surface area (TPSA) is 43.1 Å². The van der Waals surface area contributed by atoms with Gasteiger partial charge in [-0.2, -0.15) is 0 Å². The minimum Gasteiger partial charge on any atom is -0.325 e. The van der Waals surface area contributed by atoms with Crippen LogP contribution >= 0.6 is 11.6 Å². The van der Waals surface area contributed by atoms with Crippen LogP contribution in [0.2, 0.25) is 5.02 Å². The molecule has 1 rings (SSSR count). The van der Waals surface area contributed by atoms with Crippen LogP contribution in [0.5, 0.6) is 0 Å². The summed E-state index contributed by atoms with van der Waals surface area (Å²) in [5.41, 5.74) is 4.61. The Labute approximate surface area is 106 Å². The van der Waals surface area contributed by atoms with Crippen molar-refractivity contribution >= 4 is 17.4 Å². The van der Waals surface area contributed by atoms with Crippen molar-refractivity contribution in [3.05, 3.63) is 34.6 Å². The first-order valence-corrected chi connectivity index (χ1v) is 5.74. The molecule has 0 aliphatic heterocycles. The van der Waals surface area contributed by atoms with Gasteiger partial charge in [-0.25, -0.2) is 4.39 Å². The normalized spacial score (nSPS) is 12.6. The van der Waals surface area contributed by atoms with Crippen molar-refractivity contribution in [2.24, 2.45) is 11.1 Å². The van der Waals surface area contributed by atoms with Crippen LogP contribution in [0.1, 0.15) is 38.1 Å². The first-order chi connectivity index (χ1) is 7.57. The highest BCUT2D eigenvalue weighted by molar-refractivity contribution is 6.34. The zero-order valence-corrected chi connectivity index (χ0v) is 11.2. The Balaban J connectivity index is 3.26. The summed E-state index contributed by atoms with van der Waals surface area (Å²) in [7, 11) is 0. The first-order valence-electron chi connectivity index (χ1n) is 5.36. The van der Waals surface area contributed by atoms with Crippen molar-refractivity contribution in [1.82, 2.24) is 0 Å². The summed E-state index contributed by atoms with van der Waals surface area (Å²) < 4.78 is 13.2. The third-order valence-electron chi connectivity index (χ3n) is 3.35. The van der Waals surface area contributed by atoms with Crippen molar-refractivity contribution in [2.75, 3.05) is 0 Å². The Hall–Kier alpha value is -0.930. The summed E-state index contributed by atoms with van der Waals surface area (Å²) >= 11 is 5.92. The quantitative estimate of drug-likeness (QED) is 0.843. The molecule has 0 atom stereocenters. The maximum atomic E-state index is 13.2. The van der Waals surface area contributed by atoms with Gasteiger partial charge in [0.25, 0.3) is 0 Å². The molecule has 1 aromatic rings. The van der Waals surface area contributed by atoms with E-state index in [1.54, 1.807) is 27.7 Å². The maximum Gasteiger partial charge on any atom is 0.171 e. The number of Topliss-reactive ketones (excluding diaryl/α,β-unsaturated/α-hetero) is 1. The lowest BCUT2D eigenvalue weighted by Gasteiger charge is -2.37. The lowest BCUT2D eigenvalue weighted by atomic mass is 9.70. The summed E-state index contributed by atoms with van der Waals surface area (Å²) in [6.07, 6.45) is 0. The monoisotopic (exact) mass is 257 g/mol. The van der Waals surface area contributed by atoms with Crippen LogP contribution in [0.4, 0.5) is 4.39 Å². The molecular weight excluding hydrogens is 241 g/mol. The molecule has 0 bridgehead atoms. The van der Waals surface area contributed by atoms with Gasteiger partial charge in [-0.3, -0.25) is 4.79 Å². The zero-order chi connectivity index (χ0) is 13.4. The van der Waals surface area contributed by atoms with E-state index in [9.17, 15) is 9.18 Å². The van der Waals surface area contributed by atoms with Crippen LogP contribution in [-0.2, 0) is 0 Å². The number of nitrogens with two attached hydrogens (primary N) is 1. The van der Waals surface area contributed by atoms with Crippen molar-refractivity contribution in [3.8, 4) is 0 Å². The summed E-state index contributed by atoms with van der Waals surface area (Å²) in [6.45, 7) is 6.99. The highest BCUT2D eigenvalue weighted by Gasteiger charge is 2.41. The summed E-state index contributed by atoms with van der Waals surface area (Å²) in [6, 6.07) is 3.75. The highest BCUT2D eigenvalue weighted by atomic mass is 35.5. The predicted octanol–water partition coefficient (Wildman–Crippen LogP) is 3.43. The molecule has 1 aromatic carbocycles. The number of benzene rings is 1. The van der Waals surface area contributed by atoms with E-state index < -0.39 is 16.8 Å². The van der Waals surface area contributed by atoms with Gasteiger partial charge in [-0.05, 0) is 32.0 Å². The molecule has 0 radical (unpaired) electrons. The molecule has 0 amide bonds. The second-order valence-corrected chi connectivity index (χ2v) is 5.71. The molecule has 0 saturated carbocycles. The molecule has 94 valence electrons. The van der Waals surface area contributed by atoms with Crippen LogP contribution in [0.25, 0.3) is 0 Å². The fraction of sp³-hybridized carbons (Fsp3) is 0.462. The maximum absolute atomic E-state index is 13.2. The molecule has 0 saturated heterocycles. The minimum absolute atomic E-state index is 0.176. The highest BCUT2D eigenvalue weighted by Crippen LogP contribution is 2.34. The van der Waals surface area contributed by atoms with Crippen molar-refractivity contribution in [3.63, 3.8) is 0 Å². The van der Waals surface area contributed by atoms with Crippen LogP contribution in [0, 0.1) is 11.2 Å². The van der Waals surface area contributed by atoms with E-state index >= 15 is 0 Å². The number of rotatable bonds is 3. The largest absolute Gasteiger partial charge is 0.325 e. The van der Waals surface area contributed by atoms with E-state index in [4.69, 9.17) is 17.3 Å². The standard InChI is InChI=1S/C13H17ClFNO/c1-12(2,13(3,4)16)11(17)9-7-8(15)5-6-10(9)14/h5-7H,16H2,1-4H3. The predicted molar refractivity (Wildman–Crippen MR) is 67.8 cm³/mol. The Bertz CT molecular complexity index is 449. The van der Waals surface area contributed by atoms with Crippen LogP contribution < -0.4 is 5.73 Å². The van der Waals surface area contributed by atoms with Gasteiger partial charge in [0, 0.05) is 16.5 Å². The van der Waals surface area contributed by atoms with Crippen molar-refractivity contribution in [2.45, 2.75) is 33.2 Å². The molecular formula is C13H17ClFNO. The molecule has 0 aliphatic carbocycles. The fourth-order valence-corrected chi connectivity index (χ4v) is 1.50.